The zero-order valence-corrected chi connectivity index (χ0v) is 16.7. The lowest BCUT2D eigenvalue weighted by Crippen LogP contribution is -2.44. The Morgan fingerprint density at radius 1 is 1.12 bits per heavy atom. The number of nitrogens with one attached hydrogen (secondary N) is 1. The standard InChI is InChI=1S/C19H23BrN2O2S/c1-15-7-8-19(18(20)13-15)25(23,24)21-17-9-11-22(12-10-17)14-16-5-3-2-4-6-16/h2-8,13,17,21H,9-12,14H2,1H3. The second-order valence-electron chi connectivity index (χ2n) is 6.59. The van der Waals surface area contributed by atoms with Gasteiger partial charge in [0.2, 0.25) is 10.0 Å². The summed E-state index contributed by atoms with van der Waals surface area (Å²) in [5.74, 6) is 0. The van der Waals surface area contributed by atoms with Gasteiger partial charge in [-0.25, -0.2) is 13.1 Å². The van der Waals surface area contributed by atoms with Crippen molar-refractivity contribution in [2.24, 2.45) is 0 Å². The van der Waals surface area contributed by atoms with E-state index in [0.717, 1.165) is 38.0 Å². The molecule has 0 atom stereocenters. The van der Waals surface area contributed by atoms with Crippen LogP contribution in [0, 0.1) is 6.92 Å². The molecule has 3 rings (SSSR count). The zero-order valence-electron chi connectivity index (χ0n) is 14.3. The minimum Gasteiger partial charge on any atom is -0.299 e. The van der Waals surface area contributed by atoms with Crippen LogP contribution in [0.3, 0.4) is 0 Å². The van der Waals surface area contributed by atoms with Gasteiger partial charge in [-0.3, -0.25) is 4.90 Å². The molecule has 134 valence electrons. The maximum absolute atomic E-state index is 12.7. The second-order valence-corrected chi connectivity index (χ2v) is 9.13. The van der Waals surface area contributed by atoms with Crippen LogP contribution < -0.4 is 4.72 Å². The van der Waals surface area contributed by atoms with Crippen molar-refractivity contribution in [2.45, 2.75) is 37.2 Å². The first-order chi connectivity index (χ1) is 11.9. The summed E-state index contributed by atoms with van der Waals surface area (Å²) >= 11 is 3.37. The third kappa shape index (κ3) is 4.91. The molecule has 1 N–H and O–H groups in total. The Morgan fingerprint density at radius 3 is 2.44 bits per heavy atom. The van der Waals surface area contributed by atoms with E-state index >= 15 is 0 Å². The molecule has 1 fully saturated rings. The van der Waals surface area contributed by atoms with Crippen LogP contribution in [0.4, 0.5) is 0 Å². The van der Waals surface area contributed by atoms with Gasteiger partial charge in [-0.2, -0.15) is 0 Å². The fraction of sp³-hybridized carbons (Fsp3) is 0.368. The lowest BCUT2D eigenvalue weighted by Gasteiger charge is -2.32. The van der Waals surface area contributed by atoms with E-state index in [-0.39, 0.29) is 6.04 Å². The van der Waals surface area contributed by atoms with Crippen molar-refractivity contribution in [1.29, 1.82) is 0 Å². The maximum Gasteiger partial charge on any atom is 0.241 e. The summed E-state index contributed by atoms with van der Waals surface area (Å²) in [5, 5.41) is 0. The van der Waals surface area contributed by atoms with Gasteiger partial charge in [0.1, 0.15) is 0 Å². The first-order valence-electron chi connectivity index (χ1n) is 8.49. The first-order valence-corrected chi connectivity index (χ1v) is 10.8. The third-order valence-electron chi connectivity index (χ3n) is 4.54. The number of likely N-dealkylation sites (tertiary alicyclic amines) is 1. The van der Waals surface area contributed by atoms with E-state index in [1.807, 2.05) is 25.1 Å². The molecule has 1 aliphatic heterocycles. The number of nitrogens with zero attached hydrogens (tertiary/aromatic N) is 1. The van der Waals surface area contributed by atoms with Crippen molar-refractivity contribution < 1.29 is 8.42 Å². The Hall–Kier alpha value is -1.21. The number of piperidine rings is 1. The first kappa shape index (κ1) is 18.6. The van der Waals surface area contributed by atoms with E-state index < -0.39 is 10.0 Å². The Morgan fingerprint density at radius 2 is 1.80 bits per heavy atom. The fourth-order valence-electron chi connectivity index (χ4n) is 3.16. The summed E-state index contributed by atoms with van der Waals surface area (Å²) in [6, 6.07) is 15.7. The summed E-state index contributed by atoms with van der Waals surface area (Å²) in [6.07, 6.45) is 1.66. The predicted octanol–water partition coefficient (Wildman–Crippen LogP) is 3.70. The van der Waals surface area contributed by atoms with Gasteiger partial charge in [0.15, 0.2) is 0 Å². The number of rotatable bonds is 5. The van der Waals surface area contributed by atoms with Gasteiger partial charge in [0, 0.05) is 30.1 Å². The van der Waals surface area contributed by atoms with E-state index in [1.165, 1.54) is 5.56 Å². The minimum atomic E-state index is -3.50. The second kappa shape index (κ2) is 7.99. The summed E-state index contributed by atoms with van der Waals surface area (Å²) in [5.41, 5.74) is 2.32. The molecule has 0 saturated carbocycles. The highest BCUT2D eigenvalue weighted by atomic mass is 79.9. The third-order valence-corrected chi connectivity index (χ3v) is 7.03. The Bertz CT molecular complexity index is 817. The average Bonchev–Trinajstić information content (AvgIpc) is 2.57. The molecule has 0 bridgehead atoms. The number of halogens is 1. The van der Waals surface area contributed by atoms with Crippen LogP contribution in [0.15, 0.2) is 57.9 Å². The van der Waals surface area contributed by atoms with E-state index in [9.17, 15) is 8.42 Å². The molecular formula is C19H23BrN2O2S. The smallest absolute Gasteiger partial charge is 0.241 e. The van der Waals surface area contributed by atoms with E-state index in [1.54, 1.807) is 6.07 Å². The fourth-order valence-corrected chi connectivity index (χ4v) is 5.65. The molecule has 1 heterocycles. The van der Waals surface area contributed by atoms with Crippen LogP contribution in [0.2, 0.25) is 0 Å². The Labute approximate surface area is 158 Å². The quantitative estimate of drug-likeness (QED) is 0.798. The van der Waals surface area contributed by atoms with Crippen molar-refractivity contribution in [1.82, 2.24) is 9.62 Å². The van der Waals surface area contributed by atoms with Gasteiger partial charge in [0.05, 0.1) is 4.90 Å². The zero-order chi connectivity index (χ0) is 17.9. The molecule has 0 unspecified atom stereocenters. The van der Waals surface area contributed by atoms with Crippen LogP contribution in [-0.2, 0) is 16.6 Å². The van der Waals surface area contributed by atoms with E-state index in [0.29, 0.717) is 9.37 Å². The highest BCUT2D eigenvalue weighted by Gasteiger charge is 2.25. The summed E-state index contributed by atoms with van der Waals surface area (Å²) in [7, 11) is -3.50. The molecule has 6 heteroatoms. The Balaban J connectivity index is 1.58. The molecular weight excluding hydrogens is 400 g/mol. The predicted molar refractivity (Wildman–Crippen MR) is 104 cm³/mol. The minimum absolute atomic E-state index is 0.00905. The molecule has 2 aromatic rings. The lowest BCUT2D eigenvalue weighted by molar-refractivity contribution is 0.200. The molecule has 0 spiro atoms. The van der Waals surface area contributed by atoms with E-state index in [4.69, 9.17) is 0 Å². The van der Waals surface area contributed by atoms with Gasteiger partial charge in [-0.15, -0.1) is 0 Å². The number of benzene rings is 2. The van der Waals surface area contributed by atoms with Crippen molar-refractivity contribution in [2.75, 3.05) is 13.1 Å². The van der Waals surface area contributed by atoms with Gasteiger partial charge < -0.3 is 0 Å². The summed E-state index contributed by atoms with van der Waals surface area (Å²) < 4.78 is 28.8. The van der Waals surface area contributed by atoms with Gasteiger partial charge in [0.25, 0.3) is 0 Å². The van der Waals surface area contributed by atoms with Crippen molar-refractivity contribution in [3.63, 3.8) is 0 Å². The van der Waals surface area contributed by atoms with Gasteiger partial charge >= 0.3 is 0 Å². The number of sulfonamides is 1. The van der Waals surface area contributed by atoms with Crippen LogP contribution in [0.25, 0.3) is 0 Å². The van der Waals surface area contributed by atoms with Gasteiger partial charge in [-0.1, -0.05) is 36.4 Å². The number of hydrogen-bond acceptors (Lipinski definition) is 3. The van der Waals surface area contributed by atoms with Crippen molar-refractivity contribution in [3.8, 4) is 0 Å². The average molecular weight is 423 g/mol. The molecule has 0 amide bonds. The number of aryl methyl sites for hydroxylation is 1. The van der Waals surface area contributed by atoms with Crippen LogP contribution in [0.5, 0.6) is 0 Å². The molecule has 2 aromatic carbocycles. The molecule has 1 saturated heterocycles. The Kier molecular flexibility index (Phi) is 5.94. The van der Waals surface area contributed by atoms with Gasteiger partial charge in [-0.05, 0) is 59.0 Å². The molecule has 4 nitrogen and oxygen atoms in total. The summed E-state index contributed by atoms with van der Waals surface area (Å²) in [4.78, 5) is 2.69. The highest BCUT2D eigenvalue weighted by molar-refractivity contribution is 9.10. The maximum atomic E-state index is 12.7. The van der Waals surface area contributed by atoms with Crippen molar-refractivity contribution >= 4 is 26.0 Å². The molecule has 0 radical (unpaired) electrons. The highest BCUT2D eigenvalue weighted by Crippen LogP contribution is 2.24. The molecule has 25 heavy (non-hydrogen) atoms. The molecule has 1 aliphatic rings. The largest absolute Gasteiger partial charge is 0.299 e. The topological polar surface area (TPSA) is 49.4 Å². The van der Waals surface area contributed by atoms with Crippen LogP contribution in [0.1, 0.15) is 24.0 Å². The van der Waals surface area contributed by atoms with E-state index in [2.05, 4.69) is 49.8 Å². The van der Waals surface area contributed by atoms with Crippen LogP contribution >= 0.6 is 15.9 Å². The van der Waals surface area contributed by atoms with Crippen LogP contribution in [-0.4, -0.2) is 32.4 Å². The number of hydrogen-bond donors (Lipinski definition) is 1. The monoisotopic (exact) mass is 422 g/mol. The normalized spacial score (nSPS) is 16.9. The summed E-state index contributed by atoms with van der Waals surface area (Å²) in [6.45, 7) is 4.66. The molecule has 0 aromatic heterocycles. The van der Waals surface area contributed by atoms with Crippen molar-refractivity contribution in [3.05, 3.63) is 64.1 Å². The molecule has 0 aliphatic carbocycles. The lowest BCUT2D eigenvalue weighted by atomic mass is 10.1. The SMILES string of the molecule is Cc1ccc(S(=O)(=O)NC2CCN(Cc3ccccc3)CC2)c(Br)c1.